The van der Waals surface area contributed by atoms with Crippen LogP contribution in [0, 0.1) is 0 Å². The topological polar surface area (TPSA) is 64.4 Å². The number of benzene rings is 1. The summed E-state index contributed by atoms with van der Waals surface area (Å²) >= 11 is 0. The molecule has 0 radical (unpaired) electrons. The summed E-state index contributed by atoms with van der Waals surface area (Å²) in [7, 11) is 0. The van der Waals surface area contributed by atoms with Crippen LogP contribution in [0.15, 0.2) is 24.3 Å². The fourth-order valence-corrected chi connectivity index (χ4v) is 2.71. The molecule has 1 fully saturated rings. The van der Waals surface area contributed by atoms with Gasteiger partial charge in [0.15, 0.2) is 0 Å². The number of rotatable bonds is 7. The number of nitrogens with two attached hydrogens (primary N) is 1. The zero-order valence-corrected chi connectivity index (χ0v) is 12.8. The van der Waals surface area contributed by atoms with Gasteiger partial charge in [0, 0.05) is 12.1 Å². The van der Waals surface area contributed by atoms with Crippen molar-refractivity contribution in [2.45, 2.75) is 64.1 Å². The zero-order valence-electron chi connectivity index (χ0n) is 12.8. The van der Waals surface area contributed by atoms with Crippen LogP contribution in [0.25, 0.3) is 0 Å². The quantitative estimate of drug-likeness (QED) is 0.811. The van der Waals surface area contributed by atoms with E-state index in [9.17, 15) is 4.79 Å². The van der Waals surface area contributed by atoms with Crippen LogP contribution in [0.4, 0.5) is 0 Å². The molecule has 2 rings (SSSR count). The summed E-state index contributed by atoms with van der Waals surface area (Å²) in [6.45, 7) is 2.50. The van der Waals surface area contributed by atoms with Crippen molar-refractivity contribution in [2.75, 3.05) is 0 Å². The molecule has 1 unspecified atom stereocenters. The Balaban J connectivity index is 1.91. The molecule has 0 spiro atoms. The van der Waals surface area contributed by atoms with Crippen LogP contribution in [0.2, 0.25) is 0 Å². The van der Waals surface area contributed by atoms with Crippen molar-refractivity contribution in [1.29, 1.82) is 0 Å². The Kier molecular flexibility index (Phi) is 6.05. The van der Waals surface area contributed by atoms with Crippen molar-refractivity contribution in [3.05, 3.63) is 29.8 Å². The molecule has 1 aromatic carbocycles. The average Bonchev–Trinajstić information content (AvgIpc) is 2.99. The van der Waals surface area contributed by atoms with Gasteiger partial charge in [-0.2, -0.15) is 0 Å². The Hall–Kier alpha value is -1.55. The van der Waals surface area contributed by atoms with Crippen molar-refractivity contribution in [3.63, 3.8) is 0 Å². The highest BCUT2D eigenvalue weighted by Crippen LogP contribution is 2.26. The number of hydrogen-bond acceptors (Lipinski definition) is 3. The van der Waals surface area contributed by atoms with E-state index >= 15 is 0 Å². The van der Waals surface area contributed by atoms with Gasteiger partial charge in [-0.25, -0.2) is 0 Å². The third-order valence-corrected chi connectivity index (χ3v) is 3.96. The molecule has 1 aromatic rings. The van der Waals surface area contributed by atoms with Gasteiger partial charge in [-0.3, -0.25) is 4.79 Å². The standard InChI is InChI=1S/C17H26N2O2/c1-2-7-15(18)17(20)19-12-13-8-3-6-11-16(13)21-14-9-4-5-10-14/h3,6,8,11,14-15H,2,4-5,7,9-10,12,18H2,1H3,(H,19,20). The molecule has 4 heteroatoms. The van der Waals surface area contributed by atoms with Crippen molar-refractivity contribution < 1.29 is 9.53 Å². The fourth-order valence-electron chi connectivity index (χ4n) is 2.71. The van der Waals surface area contributed by atoms with E-state index in [1.54, 1.807) is 0 Å². The lowest BCUT2D eigenvalue weighted by atomic mass is 10.1. The lowest BCUT2D eigenvalue weighted by Gasteiger charge is -2.17. The van der Waals surface area contributed by atoms with Gasteiger partial charge in [0.25, 0.3) is 0 Å². The van der Waals surface area contributed by atoms with Gasteiger partial charge in [-0.1, -0.05) is 31.5 Å². The predicted octanol–water partition coefficient (Wildman–Crippen LogP) is 2.75. The van der Waals surface area contributed by atoms with Gasteiger partial charge >= 0.3 is 0 Å². The van der Waals surface area contributed by atoms with Crippen LogP contribution in [-0.2, 0) is 11.3 Å². The van der Waals surface area contributed by atoms with Crippen LogP contribution in [-0.4, -0.2) is 18.1 Å². The number of carbonyl (C=O) groups is 1. The molecule has 1 atom stereocenters. The molecule has 116 valence electrons. The first-order valence-electron chi connectivity index (χ1n) is 7.98. The minimum Gasteiger partial charge on any atom is -0.490 e. The van der Waals surface area contributed by atoms with Crippen LogP contribution in [0.5, 0.6) is 5.75 Å². The van der Waals surface area contributed by atoms with Crippen LogP contribution >= 0.6 is 0 Å². The average molecular weight is 290 g/mol. The summed E-state index contributed by atoms with van der Waals surface area (Å²) in [6, 6.07) is 7.49. The molecule has 0 aromatic heterocycles. The Bertz CT molecular complexity index is 456. The summed E-state index contributed by atoms with van der Waals surface area (Å²) in [5, 5.41) is 2.90. The van der Waals surface area contributed by atoms with E-state index in [1.165, 1.54) is 12.8 Å². The fraction of sp³-hybridized carbons (Fsp3) is 0.588. The molecule has 0 saturated heterocycles. The van der Waals surface area contributed by atoms with E-state index in [-0.39, 0.29) is 5.91 Å². The Labute approximate surface area is 127 Å². The van der Waals surface area contributed by atoms with Gasteiger partial charge in [-0.05, 0) is 38.2 Å². The number of amides is 1. The molecule has 3 N–H and O–H groups in total. The summed E-state index contributed by atoms with van der Waals surface area (Å²) < 4.78 is 6.06. The van der Waals surface area contributed by atoms with E-state index < -0.39 is 6.04 Å². The molecule has 4 nitrogen and oxygen atoms in total. The summed E-state index contributed by atoms with van der Waals surface area (Å²) in [6.07, 6.45) is 6.70. The van der Waals surface area contributed by atoms with Crippen LogP contribution < -0.4 is 15.8 Å². The Morgan fingerprint density at radius 2 is 2.10 bits per heavy atom. The van der Waals surface area contributed by atoms with Gasteiger partial charge in [-0.15, -0.1) is 0 Å². The third-order valence-electron chi connectivity index (χ3n) is 3.96. The number of para-hydroxylation sites is 1. The predicted molar refractivity (Wildman–Crippen MR) is 84.1 cm³/mol. The SMILES string of the molecule is CCCC(N)C(=O)NCc1ccccc1OC1CCCC1. The number of hydrogen-bond donors (Lipinski definition) is 2. The first kappa shape index (κ1) is 15.8. The highest BCUT2D eigenvalue weighted by atomic mass is 16.5. The first-order chi connectivity index (χ1) is 10.2. The molecule has 1 saturated carbocycles. The number of carbonyl (C=O) groups excluding carboxylic acids is 1. The molecule has 0 heterocycles. The van der Waals surface area contributed by atoms with E-state index in [4.69, 9.17) is 10.5 Å². The van der Waals surface area contributed by atoms with Crippen molar-refractivity contribution in [3.8, 4) is 5.75 Å². The molecule has 1 aliphatic rings. The molecule has 1 amide bonds. The maximum atomic E-state index is 11.9. The summed E-state index contributed by atoms with van der Waals surface area (Å²) in [5.74, 6) is 0.793. The van der Waals surface area contributed by atoms with E-state index in [2.05, 4.69) is 5.32 Å². The van der Waals surface area contributed by atoms with Crippen LogP contribution in [0.3, 0.4) is 0 Å². The second-order valence-electron chi connectivity index (χ2n) is 5.75. The highest BCUT2D eigenvalue weighted by molar-refractivity contribution is 5.81. The van der Waals surface area contributed by atoms with E-state index in [0.717, 1.165) is 30.6 Å². The lowest BCUT2D eigenvalue weighted by Crippen LogP contribution is -2.40. The van der Waals surface area contributed by atoms with Gasteiger partial charge in [0.05, 0.1) is 12.1 Å². The normalized spacial score (nSPS) is 16.7. The molecular weight excluding hydrogens is 264 g/mol. The third kappa shape index (κ3) is 4.74. The molecule has 0 aliphatic heterocycles. The summed E-state index contributed by atoms with van der Waals surface area (Å²) in [4.78, 5) is 11.9. The number of nitrogens with one attached hydrogen (secondary N) is 1. The first-order valence-corrected chi connectivity index (χ1v) is 7.98. The molecule has 1 aliphatic carbocycles. The minimum absolute atomic E-state index is 0.0903. The lowest BCUT2D eigenvalue weighted by molar-refractivity contribution is -0.122. The molecule has 21 heavy (non-hydrogen) atoms. The van der Waals surface area contributed by atoms with Crippen molar-refractivity contribution in [2.24, 2.45) is 5.73 Å². The summed E-state index contributed by atoms with van der Waals surface area (Å²) in [5.41, 5.74) is 6.83. The second-order valence-corrected chi connectivity index (χ2v) is 5.75. The molecular formula is C17H26N2O2. The van der Waals surface area contributed by atoms with Crippen molar-refractivity contribution in [1.82, 2.24) is 5.32 Å². The Morgan fingerprint density at radius 1 is 1.38 bits per heavy atom. The second kappa shape index (κ2) is 8.03. The number of ether oxygens (including phenoxy) is 1. The monoisotopic (exact) mass is 290 g/mol. The van der Waals surface area contributed by atoms with Crippen LogP contribution in [0.1, 0.15) is 51.0 Å². The molecule has 0 bridgehead atoms. The van der Waals surface area contributed by atoms with Gasteiger partial charge < -0.3 is 15.8 Å². The van der Waals surface area contributed by atoms with Gasteiger partial charge in [0.1, 0.15) is 5.75 Å². The van der Waals surface area contributed by atoms with Gasteiger partial charge in [0.2, 0.25) is 5.91 Å². The maximum absolute atomic E-state index is 11.9. The van der Waals surface area contributed by atoms with Crippen molar-refractivity contribution >= 4 is 5.91 Å². The zero-order chi connectivity index (χ0) is 15.1. The largest absolute Gasteiger partial charge is 0.490 e. The highest BCUT2D eigenvalue weighted by Gasteiger charge is 2.18. The Morgan fingerprint density at radius 3 is 2.81 bits per heavy atom. The minimum atomic E-state index is -0.419. The van der Waals surface area contributed by atoms with E-state index in [0.29, 0.717) is 19.1 Å². The van der Waals surface area contributed by atoms with E-state index in [1.807, 2.05) is 31.2 Å². The maximum Gasteiger partial charge on any atom is 0.237 e. The smallest absolute Gasteiger partial charge is 0.237 e.